The molecule has 1 saturated heterocycles. The van der Waals surface area contributed by atoms with Crippen molar-refractivity contribution in [2.45, 2.75) is 19.1 Å². The molecule has 146 valence electrons. The van der Waals surface area contributed by atoms with Crippen molar-refractivity contribution < 1.29 is 23.7 Å². The number of hydrogen-bond donors (Lipinski definition) is 0. The molecule has 0 spiro atoms. The molecule has 3 aromatic rings. The Morgan fingerprint density at radius 2 is 1.89 bits per heavy atom. The molecule has 0 bridgehead atoms. The Bertz CT molecular complexity index is 992. The standard InChI is InChI=1S/C21H22N2O5/c1-25-17-13-16(21-27-11-12-28-21)6-4-14(17)3-5-15-7-8-18-22-9-10-23(18)19(15)20(24)26-2/h4,6-10,13,21H,3,5,11-12H2,1-2H3. The van der Waals surface area contributed by atoms with Crippen LogP contribution < -0.4 is 4.74 Å². The van der Waals surface area contributed by atoms with Crippen molar-refractivity contribution in [1.29, 1.82) is 0 Å². The van der Waals surface area contributed by atoms with Crippen LogP contribution in [0.15, 0.2) is 42.7 Å². The summed E-state index contributed by atoms with van der Waals surface area (Å²) < 4.78 is 23.4. The Kier molecular flexibility index (Phi) is 5.27. The summed E-state index contributed by atoms with van der Waals surface area (Å²) in [6.45, 7) is 1.20. The van der Waals surface area contributed by atoms with Crippen LogP contribution in [0.5, 0.6) is 5.75 Å². The van der Waals surface area contributed by atoms with E-state index in [-0.39, 0.29) is 12.3 Å². The molecule has 0 aliphatic carbocycles. The Morgan fingerprint density at radius 3 is 2.64 bits per heavy atom. The highest BCUT2D eigenvalue weighted by Gasteiger charge is 2.20. The molecular weight excluding hydrogens is 360 g/mol. The molecule has 1 aromatic carbocycles. The van der Waals surface area contributed by atoms with Gasteiger partial charge < -0.3 is 18.9 Å². The summed E-state index contributed by atoms with van der Waals surface area (Å²) >= 11 is 0. The molecule has 1 aliphatic rings. The van der Waals surface area contributed by atoms with Gasteiger partial charge in [0.2, 0.25) is 0 Å². The van der Waals surface area contributed by atoms with Gasteiger partial charge in [-0.05, 0) is 36.1 Å². The topological polar surface area (TPSA) is 71.3 Å². The van der Waals surface area contributed by atoms with E-state index in [9.17, 15) is 4.79 Å². The lowest BCUT2D eigenvalue weighted by Crippen LogP contribution is -2.12. The second kappa shape index (κ2) is 8.00. The van der Waals surface area contributed by atoms with Crippen molar-refractivity contribution in [2.75, 3.05) is 27.4 Å². The SMILES string of the molecule is COC(=O)c1c(CCc2ccc(C3OCCO3)cc2OC)ccc2nccn12. The summed E-state index contributed by atoms with van der Waals surface area (Å²) in [6, 6.07) is 9.79. The zero-order valence-electron chi connectivity index (χ0n) is 15.9. The maximum atomic E-state index is 12.3. The van der Waals surface area contributed by atoms with Crippen molar-refractivity contribution in [1.82, 2.24) is 9.38 Å². The van der Waals surface area contributed by atoms with Crippen molar-refractivity contribution >= 4 is 11.6 Å². The van der Waals surface area contributed by atoms with E-state index in [1.54, 1.807) is 23.9 Å². The summed E-state index contributed by atoms with van der Waals surface area (Å²) in [6.07, 6.45) is 4.46. The molecule has 0 unspecified atom stereocenters. The van der Waals surface area contributed by atoms with Gasteiger partial charge in [0.05, 0.1) is 27.4 Å². The fraction of sp³-hybridized carbons (Fsp3) is 0.333. The normalized spacial score (nSPS) is 14.5. The first-order valence-electron chi connectivity index (χ1n) is 9.14. The number of carbonyl (C=O) groups is 1. The molecule has 1 aliphatic heterocycles. The van der Waals surface area contributed by atoms with Gasteiger partial charge in [0, 0.05) is 18.0 Å². The average molecular weight is 382 g/mol. The van der Waals surface area contributed by atoms with E-state index in [2.05, 4.69) is 4.98 Å². The Hall–Kier alpha value is -2.90. The minimum absolute atomic E-state index is 0.336. The van der Waals surface area contributed by atoms with Crippen LogP contribution in [0.2, 0.25) is 0 Å². The van der Waals surface area contributed by atoms with E-state index in [1.807, 2.05) is 30.3 Å². The van der Waals surface area contributed by atoms with Crippen molar-refractivity contribution in [3.05, 3.63) is 65.1 Å². The largest absolute Gasteiger partial charge is 0.496 e. The highest BCUT2D eigenvalue weighted by atomic mass is 16.7. The number of hydrogen-bond acceptors (Lipinski definition) is 6. The summed E-state index contributed by atoms with van der Waals surface area (Å²) in [4.78, 5) is 16.6. The fourth-order valence-electron chi connectivity index (χ4n) is 3.50. The maximum Gasteiger partial charge on any atom is 0.355 e. The second-order valence-corrected chi connectivity index (χ2v) is 6.50. The predicted octanol–water partition coefficient (Wildman–Crippen LogP) is 2.96. The number of fused-ring (bicyclic) bond motifs is 1. The summed E-state index contributed by atoms with van der Waals surface area (Å²) in [5, 5.41) is 0. The Labute approximate surface area is 162 Å². The molecule has 0 radical (unpaired) electrons. The Morgan fingerprint density at radius 1 is 1.14 bits per heavy atom. The first-order chi connectivity index (χ1) is 13.7. The van der Waals surface area contributed by atoms with Gasteiger partial charge in [-0.15, -0.1) is 0 Å². The van der Waals surface area contributed by atoms with E-state index >= 15 is 0 Å². The van der Waals surface area contributed by atoms with Crippen LogP contribution in [-0.2, 0) is 27.1 Å². The number of pyridine rings is 1. The summed E-state index contributed by atoms with van der Waals surface area (Å²) in [5.41, 5.74) is 4.09. The van der Waals surface area contributed by atoms with Crippen LogP contribution in [0.25, 0.3) is 5.65 Å². The van der Waals surface area contributed by atoms with E-state index in [0.717, 1.165) is 22.4 Å². The number of aryl methyl sites for hydroxylation is 2. The smallest absolute Gasteiger partial charge is 0.355 e. The first kappa shape index (κ1) is 18.5. The molecule has 0 atom stereocenters. The molecule has 0 saturated carbocycles. The lowest BCUT2D eigenvalue weighted by atomic mass is 10.0. The maximum absolute atomic E-state index is 12.3. The third kappa shape index (κ3) is 3.46. The quantitative estimate of drug-likeness (QED) is 0.611. The number of imidazole rings is 1. The van der Waals surface area contributed by atoms with Gasteiger partial charge in [-0.3, -0.25) is 4.40 Å². The molecule has 0 N–H and O–H groups in total. The van der Waals surface area contributed by atoms with Gasteiger partial charge in [0.1, 0.15) is 17.1 Å². The molecular formula is C21H22N2O5. The zero-order chi connectivity index (χ0) is 19.5. The van der Waals surface area contributed by atoms with Crippen molar-refractivity contribution in [2.24, 2.45) is 0 Å². The number of esters is 1. The second-order valence-electron chi connectivity index (χ2n) is 6.50. The number of aromatic nitrogens is 2. The van der Waals surface area contributed by atoms with Crippen LogP contribution >= 0.6 is 0 Å². The molecule has 4 rings (SSSR count). The number of carbonyl (C=O) groups excluding carboxylic acids is 1. The van der Waals surface area contributed by atoms with Crippen LogP contribution in [0.1, 0.15) is 33.5 Å². The van der Waals surface area contributed by atoms with Crippen LogP contribution in [0, 0.1) is 0 Å². The molecule has 7 heteroatoms. The number of ether oxygens (including phenoxy) is 4. The molecule has 3 heterocycles. The number of nitrogens with zero attached hydrogens (tertiary/aromatic N) is 2. The van der Waals surface area contributed by atoms with Crippen molar-refractivity contribution in [3.63, 3.8) is 0 Å². The van der Waals surface area contributed by atoms with E-state index in [4.69, 9.17) is 18.9 Å². The number of benzene rings is 1. The highest BCUT2D eigenvalue weighted by Crippen LogP contribution is 2.29. The van der Waals surface area contributed by atoms with Gasteiger partial charge in [0.15, 0.2) is 6.29 Å². The predicted molar refractivity (Wildman–Crippen MR) is 102 cm³/mol. The number of methoxy groups -OCH3 is 2. The minimum Gasteiger partial charge on any atom is -0.496 e. The van der Waals surface area contributed by atoms with E-state index < -0.39 is 0 Å². The van der Waals surface area contributed by atoms with Gasteiger partial charge in [-0.25, -0.2) is 9.78 Å². The third-order valence-electron chi connectivity index (χ3n) is 4.90. The van der Waals surface area contributed by atoms with Crippen LogP contribution in [0.3, 0.4) is 0 Å². The van der Waals surface area contributed by atoms with Crippen LogP contribution in [0.4, 0.5) is 0 Å². The lowest BCUT2D eigenvalue weighted by molar-refractivity contribution is -0.0442. The molecule has 28 heavy (non-hydrogen) atoms. The molecule has 1 fully saturated rings. The Balaban J connectivity index is 1.60. The molecule has 7 nitrogen and oxygen atoms in total. The molecule has 0 amide bonds. The van der Waals surface area contributed by atoms with Gasteiger partial charge in [-0.1, -0.05) is 18.2 Å². The van der Waals surface area contributed by atoms with Crippen molar-refractivity contribution in [3.8, 4) is 5.75 Å². The monoisotopic (exact) mass is 382 g/mol. The van der Waals surface area contributed by atoms with Gasteiger partial charge in [0.25, 0.3) is 0 Å². The van der Waals surface area contributed by atoms with Gasteiger partial charge >= 0.3 is 5.97 Å². The zero-order valence-corrected chi connectivity index (χ0v) is 15.9. The fourth-order valence-corrected chi connectivity index (χ4v) is 3.50. The van der Waals surface area contributed by atoms with Crippen LogP contribution in [-0.4, -0.2) is 42.8 Å². The average Bonchev–Trinajstić information content (AvgIpc) is 3.43. The third-order valence-corrected chi connectivity index (χ3v) is 4.90. The summed E-state index contributed by atoms with van der Waals surface area (Å²) in [7, 11) is 3.03. The van der Waals surface area contributed by atoms with E-state index in [0.29, 0.717) is 37.4 Å². The van der Waals surface area contributed by atoms with Gasteiger partial charge in [-0.2, -0.15) is 0 Å². The number of rotatable bonds is 6. The van der Waals surface area contributed by atoms with E-state index in [1.165, 1.54) is 7.11 Å². The molecule has 2 aromatic heterocycles. The summed E-state index contributed by atoms with van der Waals surface area (Å²) in [5.74, 6) is 0.399. The highest BCUT2D eigenvalue weighted by molar-refractivity contribution is 5.90. The minimum atomic E-state index is -0.378. The lowest BCUT2D eigenvalue weighted by Gasteiger charge is -2.15. The first-order valence-corrected chi connectivity index (χ1v) is 9.14.